The number of ether oxygens (including phenoxy) is 2. The molecule has 2 fully saturated rings. The first kappa shape index (κ1) is 15.8. The van der Waals surface area contributed by atoms with E-state index in [0.29, 0.717) is 5.75 Å². The standard InChI is InChI=1S/C16H23NO4S/c1-11-4-7-15(21-3)16(8-11)22(18,19)17-12-5-6-13(17)10-14(9-12)20-2/h4,7-8,12-14H,5-6,9-10H2,1-3H3/t12-,13-/m0/s1. The molecule has 2 saturated heterocycles. The fraction of sp³-hybridized carbons (Fsp3) is 0.625. The van der Waals surface area contributed by atoms with E-state index in [1.165, 1.54) is 7.11 Å². The second-order valence-electron chi connectivity index (χ2n) is 6.20. The number of methoxy groups -OCH3 is 2. The molecule has 22 heavy (non-hydrogen) atoms. The third-order valence-corrected chi connectivity index (χ3v) is 6.86. The third-order valence-electron chi connectivity index (χ3n) is 4.83. The van der Waals surface area contributed by atoms with Gasteiger partial charge in [-0.05, 0) is 50.3 Å². The smallest absolute Gasteiger partial charge is 0.247 e. The van der Waals surface area contributed by atoms with Crippen LogP contribution in [0, 0.1) is 6.92 Å². The number of piperidine rings is 1. The summed E-state index contributed by atoms with van der Waals surface area (Å²) in [6.45, 7) is 1.89. The maximum atomic E-state index is 13.2. The number of sulfonamides is 1. The Hall–Kier alpha value is -1.11. The van der Waals surface area contributed by atoms with Crippen LogP contribution < -0.4 is 4.74 Å². The van der Waals surface area contributed by atoms with E-state index in [1.807, 2.05) is 13.0 Å². The highest BCUT2D eigenvalue weighted by molar-refractivity contribution is 7.89. The van der Waals surface area contributed by atoms with Gasteiger partial charge < -0.3 is 9.47 Å². The Labute approximate surface area is 132 Å². The Morgan fingerprint density at radius 1 is 1.14 bits per heavy atom. The van der Waals surface area contributed by atoms with Crippen molar-refractivity contribution in [3.05, 3.63) is 23.8 Å². The molecule has 0 amide bonds. The molecule has 0 aromatic heterocycles. The van der Waals surface area contributed by atoms with E-state index in [-0.39, 0.29) is 23.1 Å². The summed E-state index contributed by atoms with van der Waals surface area (Å²) in [5, 5.41) is 0. The lowest BCUT2D eigenvalue weighted by Gasteiger charge is -2.37. The lowest BCUT2D eigenvalue weighted by Crippen LogP contribution is -2.48. The molecule has 2 bridgehead atoms. The van der Waals surface area contributed by atoms with Gasteiger partial charge in [0, 0.05) is 19.2 Å². The number of nitrogens with zero attached hydrogens (tertiary/aromatic N) is 1. The van der Waals surface area contributed by atoms with E-state index >= 15 is 0 Å². The van der Waals surface area contributed by atoms with Gasteiger partial charge in [0.25, 0.3) is 0 Å². The molecular formula is C16H23NO4S. The summed E-state index contributed by atoms with van der Waals surface area (Å²) in [7, 11) is -0.326. The quantitative estimate of drug-likeness (QED) is 0.852. The second kappa shape index (κ2) is 5.83. The van der Waals surface area contributed by atoms with Crippen LogP contribution in [0.3, 0.4) is 0 Å². The first-order valence-electron chi connectivity index (χ1n) is 7.68. The van der Waals surface area contributed by atoms with Crippen LogP contribution in [0.25, 0.3) is 0 Å². The molecule has 5 nitrogen and oxygen atoms in total. The van der Waals surface area contributed by atoms with Gasteiger partial charge in [0.05, 0.1) is 13.2 Å². The Morgan fingerprint density at radius 2 is 1.77 bits per heavy atom. The predicted molar refractivity (Wildman–Crippen MR) is 83.6 cm³/mol. The fourth-order valence-electron chi connectivity index (χ4n) is 3.77. The van der Waals surface area contributed by atoms with Crippen LogP contribution in [0.5, 0.6) is 5.75 Å². The molecule has 122 valence electrons. The largest absolute Gasteiger partial charge is 0.495 e. The zero-order valence-corrected chi connectivity index (χ0v) is 14.1. The van der Waals surface area contributed by atoms with Crippen LogP contribution >= 0.6 is 0 Å². The lowest BCUT2D eigenvalue weighted by atomic mass is 10.0. The van der Waals surface area contributed by atoms with Crippen LogP contribution in [0.4, 0.5) is 0 Å². The first-order chi connectivity index (χ1) is 10.5. The number of fused-ring (bicyclic) bond motifs is 2. The zero-order valence-electron chi connectivity index (χ0n) is 13.3. The van der Waals surface area contributed by atoms with E-state index in [4.69, 9.17) is 9.47 Å². The highest BCUT2D eigenvalue weighted by atomic mass is 32.2. The second-order valence-corrected chi connectivity index (χ2v) is 8.01. The third kappa shape index (κ3) is 2.53. The van der Waals surface area contributed by atoms with Crippen molar-refractivity contribution < 1.29 is 17.9 Å². The molecule has 3 rings (SSSR count). The summed E-state index contributed by atoms with van der Waals surface area (Å²) in [5.41, 5.74) is 0.915. The van der Waals surface area contributed by atoms with Gasteiger partial charge in [-0.3, -0.25) is 0 Å². The number of hydrogen-bond donors (Lipinski definition) is 0. The van der Waals surface area contributed by atoms with Crippen molar-refractivity contribution >= 4 is 10.0 Å². The van der Waals surface area contributed by atoms with Crippen molar-refractivity contribution in [2.24, 2.45) is 0 Å². The minimum absolute atomic E-state index is 0.0407. The maximum Gasteiger partial charge on any atom is 0.247 e. The van der Waals surface area contributed by atoms with Gasteiger partial charge in [0.1, 0.15) is 10.6 Å². The van der Waals surface area contributed by atoms with Gasteiger partial charge in [-0.15, -0.1) is 0 Å². The lowest BCUT2D eigenvalue weighted by molar-refractivity contribution is 0.0349. The average molecular weight is 325 g/mol. The minimum Gasteiger partial charge on any atom is -0.495 e. The van der Waals surface area contributed by atoms with Gasteiger partial charge in [-0.1, -0.05) is 6.07 Å². The van der Waals surface area contributed by atoms with Crippen LogP contribution in [-0.4, -0.2) is 45.1 Å². The molecule has 0 radical (unpaired) electrons. The van der Waals surface area contributed by atoms with E-state index < -0.39 is 10.0 Å². The molecule has 0 unspecified atom stereocenters. The van der Waals surface area contributed by atoms with Crippen LogP contribution in [0.1, 0.15) is 31.2 Å². The summed E-state index contributed by atoms with van der Waals surface area (Å²) < 4.78 is 38.8. The summed E-state index contributed by atoms with van der Waals surface area (Å²) >= 11 is 0. The molecule has 0 spiro atoms. The number of benzene rings is 1. The molecule has 2 heterocycles. The van der Waals surface area contributed by atoms with Gasteiger partial charge in [0.15, 0.2) is 0 Å². The van der Waals surface area contributed by atoms with Crippen molar-refractivity contribution in [3.8, 4) is 5.75 Å². The highest BCUT2D eigenvalue weighted by Crippen LogP contribution is 2.42. The van der Waals surface area contributed by atoms with Crippen LogP contribution in [-0.2, 0) is 14.8 Å². The number of rotatable bonds is 4. The molecule has 0 saturated carbocycles. The van der Waals surface area contributed by atoms with Crippen molar-refractivity contribution in [2.45, 2.75) is 55.7 Å². The molecular weight excluding hydrogens is 302 g/mol. The topological polar surface area (TPSA) is 55.8 Å². The maximum absolute atomic E-state index is 13.2. The predicted octanol–water partition coefficient (Wildman–Crippen LogP) is 2.33. The first-order valence-corrected chi connectivity index (χ1v) is 9.12. The average Bonchev–Trinajstić information content (AvgIpc) is 2.79. The molecule has 2 aliphatic rings. The van der Waals surface area contributed by atoms with Crippen molar-refractivity contribution in [2.75, 3.05) is 14.2 Å². The molecule has 2 aliphatic heterocycles. The normalized spacial score (nSPS) is 28.8. The Balaban J connectivity index is 1.99. The van der Waals surface area contributed by atoms with Gasteiger partial charge >= 0.3 is 0 Å². The van der Waals surface area contributed by atoms with Gasteiger partial charge in [-0.25, -0.2) is 8.42 Å². The van der Waals surface area contributed by atoms with Crippen molar-refractivity contribution in [1.29, 1.82) is 0 Å². The van der Waals surface area contributed by atoms with Gasteiger partial charge in [-0.2, -0.15) is 4.31 Å². The highest BCUT2D eigenvalue weighted by Gasteiger charge is 2.47. The fourth-order valence-corrected chi connectivity index (χ4v) is 5.90. The number of hydrogen-bond acceptors (Lipinski definition) is 4. The Morgan fingerprint density at radius 3 is 2.32 bits per heavy atom. The molecule has 0 aliphatic carbocycles. The molecule has 6 heteroatoms. The van der Waals surface area contributed by atoms with Crippen LogP contribution in [0.2, 0.25) is 0 Å². The van der Waals surface area contributed by atoms with E-state index in [0.717, 1.165) is 31.2 Å². The van der Waals surface area contributed by atoms with E-state index in [9.17, 15) is 8.42 Å². The molecule has 1 aromatic rings. The molecule has 2 atom stereocenters. The van der Waals surface area contributed by atoms with E-state index in [2.05, 4.69) is 0 Å². The number of aryl methyl sites for hydroxylation is 1. The summed E-state index contributed by atoms with van der Waals surface area (Å²) in [6.07, 6.45) is 3.56. The monoisotopic (exact) mass is 325 g/mol. The molecule has 0 N–H and O–H groups in total. The summed E-state index contributed by atoms with van der Waals surface area (Å²) in [6, 6.07) is 5.38. The van der Waals surface area contributed by atoms with E-state index in [1.54, 1.807) is 23.5 Å². The molecule has 1 aromatic carbocycles. The summed E-state index contributed by atoms with van der Waals surface area (Å²) in [4.78, 5) is 0.280. The van der Waals surface area contributed by atoms with Crippen molar-refractivity contribution in [3.63, 3.8) is 0 Å². The zero-order chi connectivity index (χ0) is 15.9. The minimum atomic E-state index is -3.54. The van der Waals surface area contributed by atoms with Crippen molar-refractivity contribution in [1.82, 2.24) is 4.31 Å². The SMILES string of the molecule is COc1ccc(C)cc1S(=O)(=O)N1[C@H]2CC[C@H]1CC(OC)C2. The van der Waals surface area contributed by atoms with Gasteiger partial charge in [0.2, 0.25) is 10.0 Å². The van der Waals surface area contributed by atoms with Crippen LogP contribution in [0.15, 0.2) is 23.1 Å². The Kier molecular flexibility index (Phi) is 4.18. The Bertz CT molecular complexity index is 644. The summed E-state index contributed by atoms with van der Waals surface area (Å²) in [5.74, 6) is 0.416.